The number of hydrogen-bond acceptors (Lipinski definition) is 3. The first-order valence-electron chi connectivity index (χ1n) is 8.53. The Hall–Kier alpha value is -1.75. The van der Waals surface area contributed by atoms with Gasteiger partial charge in [-0.25, -0.2) is 0 Å². The van der Waals surface area contributed by atoms with Crippen LogP contribution in [0.4, 0.5) is 0 Å². The molecule has 0 aliphatic heterocycles. The van der Waals surface area contributed by atoms with Crippen LogP contribution >= 0.6 is 0 Å². The van der Waals surface area contributed by atoms with Gasteiger partial charge in [-0.2, -0.15) is 0 Å². The first-order valence-corrected chi connectivity index (χ1v) is 8.53. The Morgan fingerprint density at radius 2 is 1.96 bits per heavy atom. The van der Waals surface area contributed by atoms with Gasteiger partial charge >= 0.3 is 0 Å². The number of para-hydroxylation sites is 1. The minimum atomic E-state index is 0.670. The number of unbranched alkanes of at least 4 members (excludes halogenated alkanes) is 1. The molecule has 0 heterocycles. The van der Waals surface area contributed by atoms with E-state index in [0.717, 1.165) is 50.7 Å². The standard InChI is InChI=1S/C18H31N3O2/c1-4-6-14-23-15-13-21-18(19-5-2)20-12-11-16-9-7-8-10-17(16)22-3/h7-10H,4-6,11-15H2,1-3H3,(H2,19,20,21). The summed E-state index contributed by atoms with van der Waals surface area (Å²) in [6.07, 6.45) is 3.17. The highest BCUT2D eigenvalue weighted by atomic mass is 16.5. The maximum atomic E-state index is 5.53. The topological polar surface area (TPSA) is 54.9 Å². The normalized spacial score (nSPS) is 11.3. The largest absolute Gasteiger partial charge is 0.496 e. The van der Waals surface area contributed by atoms with Crippen LogP contribution in [0.3, 0.4) is 0 Å². The lowest BCUT2D eigenvalue weighted by molar-refractivity contribution is 0.139. The van der Waals surface area contributed by atoms with Gasteiger partial charge in [0.05, 0.1) is 20.3 Å². The second-order valence-electron chi connectivity index (χ2n) is 5.22. The highest BCUT2D eigenvalue weighted by Gasteiger charge is 2.02. The van der Waals surface area contributed by atoms with Crippen LogP contribution in [0.2, 0.25) is 0 Å². The number of guanidine groups is 1. The summed E-state index contributed by atoms with van der Waals surface area (Å²) in [5.41, 5.74) is 1.20. The van der Waals surface area contributed by atoms with Crippen LogP contribution in [-0.4, -0.2) is 45.9 Å². The van der Waals surface area contributed by atoms with Crippen molar-refractivity contribution in [1.29, 1.82) is 0 Å². The molecular formula is C18H31N3O2. The lowest BCUT2D eigenvalue weighted by atomic mass is 10.1. The van der Waals surface area contributed by atoms with Gasteiger partial charge in [-0.15, -0.1) is 0 Å². The van der Waals surface area contributed by atoms with Crippen molar-refractivity contribution in [1.82, 2.24) is 10.6 Å². The number of benzene rings is 1. The van der Waals surface area contributed by atoms with Crippen molar-refractivity contribution in [2.75, 3.05) is 40.0 Å². The molecule has 0 radical (unpaired) electrons. The molecule has 130 valence electrons. The molecule has 0 aliphatic rings. The van der Waals surface area contributed by atoms with E-state index in [9.17, 15) is 0 Å². The zero-order chi connectivity index (χ0) is 16.8. The van der Waals surface area contributed by atoms with E-state index in [-0.39, 0.29) is 0 Å². The molecule has 0 aromatic heterocycles. The Morgan fingerprint density at radius 1 is 1.13 bits per heavy atom. The van der Waals surface area contributed by atoms with Crippen molar-refractivity contribution in [2.24, 2.45) is 4.99 Å². The summed E-state index contributed by atoms with van der Waals surface area (Å²) in [6.45, 7) is 8.05. The number of methoxy groups -OCH3 is 1. The van der Waals surface area contributed by atoms with E-state index in [2.05, 4.69) is 35.5 Å². The molecule has 23 heavy (non-hydrogen) atoms. The van der Waals surface area contributed by atoms with E-state index in [0.29, 0.717) is 13.2 Å². The number of rotatable bonds is 11. The fraction of sp³-hybridized carbons (Fsp3) is 0.611. The van der Waals surface area contributed by atoms with Gasteiger partial charge in [-0.3, -0.25) is 4.99 Å². The van der Waals surface area contributed by atoms with Gasteiger partial charge in [0, 0.05) is 19.7 Å². The Labute approximate surface area is 140 Å². The van der Waals surface area contributed by atoms with Gasteiger partial charge in [0.15, 0.2) is 5.96 Å². The Balaban J connectivity index is 2.34. The molecule has 0 amide bonds. The van der Waals surface area contributed by atoms with Crippen molar-refractivity contribution in [3.05, 3.63) is 29.8 Å². The lowest BCUT2D eigenvalue weighted by Crippen LogP contribution is -2.38. The fourth-order valence-electron chi connectivity index (χ4n) is 2.14. The molecule has 2 N–H and O–H groups in total. The third-order valence-electron chi connectivity index (χ3n) is 3.37. The molecule has 5 nitrogen and oxygen atoms in total. The van der Waals surface area contributed by atoms with E-state index in [4.69, 9.17) is 9.47 Å². The van der Waals surface area contributed by atoms with E-state index >= 15 is 0 Å². The van der Waals surface area contributed by atoms with Crippen molar-refractivity contribution in [2.45, 2.75) is 33.1 Å². The zero-order valence-corrected chi connectivity index (χ0v) is 14.7. The molecule has 0 saturated carbocycles. The summed E-state index contributed by atoms with van der Waals surface area (Å²) < 4.78 is 10.9. The first-order chi connectivity index (χ1) is 11.3. The summed E-state index contributed by atoms with van der Waals surface area (Å²) in [5.74, 6) is 1.77. The van der Waals surface area contributed by atoms with E-state index in [1.165, 1.54) is 5.56 Å². The predicted octanol–water partition coefficient (Wildman–Crippen LogP) is 2.61. The Bertz CT molecular complexity index is 450. The SMILES string of the molecule is CCCCOCCN=C(NCC)NCCc1ccccc1OC. The molecule has 0 unspecified atom stereocenters. The van der Waals surface area contributed by atoms with E-state index < -0.39 is 0 Å². The summed E-state index contributed by atoms with van der Waals surface area (Å²) >= 11 is 0. The van der Waals surface area contributed by atoms with Gasteiger partial charge in [-0.05, 0) is 31.4 Å². The minimum Gasteiger partial charge on any atom is -0.496 e. The summed E-state index contributed by atoms with van der Waals surface area (Å²) in [4.78, 5) is 4.52. The predicted molar refractivity (Wildman–Crippen MR) is 96.4 cm³/mol. The van der Waals surface area contributed by atoms with Crippen LogP contribution in [0, 0.1) is 0 Å². The second kappa shape index (κ2) is 12.8. The Morgan fingerprint density at radius 3 is 2.70 bits per heavy atom. The summed E-state index contributed by atoms with van der Waals surface area (Å²) in [5, 5.41) is 6.60. The average Bonchev–Trinajstić information content (AvgIpc) is 2.58. The zero-order valence-electron chi connectivity index (χ0n) is 14.7. The summed E-state index contributed by atoms with van der Waals surface area (Å²) in [7, 11) is 1.70. The van der Waals surface area contributed by atoms with Crippen LogP contribution < -0.4 is 15.4 Å². The number of ether oxygens (including phenoxy) is 2. The molecule has 0 spiro atoms. The molecule has 0 fully saturated rings. The van der Waals surface area contributed by atoms with Crippen molar-refractivity contribution < 1.29 is 9.47 Å². The number of aliphatic imine (C=N–C) groups is 1. The highest BCUT2D eigenvalue weighted by molar-refractivity contribution is 5.79. The average molecular weight is 321 g/mol. The van der Waals surface area contributed by atoms with Crippen molar-refractivity contribution in [3.63, 3.8) is 0 Å². The third-order valence-corrected chi connectivity index (χ3v) is 3.37. The van der Waals surface area contributed by atoms with Gasteiger partial charge in [0.1, 0.15) is 5.75 Å². The molecule has 0 bridgehead atoms. The van der Waals surface area contributed by atoms with Gasteiger partial charge in [0.25, 0.3) is 0 Å². The first kappa shape index (κ1) is 19.3. The van der Waals surface area contributed by atoms with E-state index in [1.54, 1.807) is 7.11 Å². The monoisotopic (exact) mass is 321 g/mol. The molecule has 1 aromatic rings. The quantitative estimate of drug-likeness (QED) is 0.374. The molecular weight excluding hydrogens is 290 g/mol. The lowest BCUT2D eigenvalue weighted by Gasteiger charge is -2.12. The van der Waals surface area contributed by atoms with Crippen LogP contribution in [0.15, 0.2) is 29.3 Å². The number of nitrogens with zero attached hydrogens (tertiary/aromatic N) is 1. The maximum Gasteiger partial charge on any atom is 0.191 e. The van der Waals surface area contributed by atoms with Gasteiger partial charge < -0.3 is 20.1 Å². The molecule has 1 rings (SSSR count). The highest BCUT2D eigenvalue weighted by Crippen LogP contribution is 2.17. The molecule has 0 aliphatic carbocycles. The minimum absolute atomic E-state index is 0.670. The van der Waals surface area contributed by atoms with Gasteiger partial charge in [0.2, 0.25) is 0 Å². The molecule has 5 heteroatoms. The second-order valence-corrected chi connectivity index (χ2v) is 5.22. The van der Waals surface area contributed by atoms with E-state index in [1.807, 2.05) is 18.2 Å². The van der Waals surface area contributed by atoms with Crippen LogP contribution in [0.25, 0.3) is 0 Å². The van der Waals surface area contributed by atoms with Crippen LogP contribution in [-0.2, 0) is 11.2 Å². The molecule has 0 saturated heterocycles. The summed E-state index contributed by atoms with van der Waals surface area (Å²) in [6, 6.07) is 8.10. The smallest absolute Gasteiger partial charge is 0.191 e. The number of nitrogens with one attached hydrogen (secondary N) is 2. The fourth-order valence-corrected chi connectivity index (χ4v) is 2.14. The third kappa shape index (κ3) is 8.45. The van der Waals surface area contributed by atoms with Gasteiger partial charge in [-0.1, -0.05) is 31.5 Å². The number of hydrogen-bond donors (Lipinski definition) is 2. The van der Waals surface area contributed by atoms with Crippen LogP contribution in [0.5, 0.6) is 5.75 Å². The Kier molecular flexibility index (Phi) is 10.7. The molecule has 1 aromatic carbocycles. The molecule has 0 atom stereocenters. The maximum absolute atomic E-state index is 5.53. The van der Waals surface area contributed by atoms with Crippen LogP contribution in [0.1, 0.15) is 32.3 Å². The van der Waals surface area contributed by atoms with Crippen molar-refractivity contribution >= 4 is 5.96 Å². The van der Waals surface area contributed by atoms with Crippen molar-refractivity contribution in [3.8, 4) is 5.75 Å².